The zero-order chi connectivity index (χ0) is 21.8. The van der Waals surface area contributed by atoms with Crippen molar-refractivity contribution in [2.45, 2.75) is 13.0 Å². The fourth-order valence-corrected chi connectivity index (χ4v) is 3.64. The van der Waals surface area contributed by atoms with Crippen LogP contribution in [-0.4, -0.2) is 48.3 Å². The van der Waals surface area contributed by atoms with E-state index in [1.165, 1.54) is 12.4 Å². The van der Waals surface area contributed by atoms with Crippen molar-refractivity contribution in [2.24, 2.45) is 4.99 Å². The Morgan fingerprint density at radius 1 is 1.33 bits per heavy atom. The number of nitrogens with one attached hydrogen (secondary N) is 1. The van der Waals surface area contributed by atoms with E-state index in [9.17, 15) is 0 Å². The molecule has 0 aliphatic carbocycles. The number of ether oxygens (including phenoxy) is 1. The van der Waals surface area contributed by atoms with Gasteiger partial charge in [0.25, 0.3) is 0 Å². The summed E-state index contributed by atoms with van der Waals surface area (Å²) in [5.74, 6) is 0.556. The van der Waals surface area contributed by atoms with Gasteiger partial charge in [-0.05, 0) is 52.0 Å². The smallest absolute Gasteiger partial charge is 0.156 e. The Bertz CT molecular complexity index is 1100. The molecule has 0 radical (unpaired) electrons. The third-order valence-electron chi connectivity index (χ3n) is 4.40. The van der Waals surface area contributed by atoms with Crippen LogP contribution in [0.25, 0.3) is 17.0 Å². The average Bonchev–Trinajstić information content (AvgIpc) is 2.68. The maximum atomic E-state index is 15.0. The molecule has 0 fully saturated rings. The summed E-state index contributed by atoms with van der Waals surface area (Å²) in [7, 11) is 3.97. The summed E-state index contributed by atoms with van der Waals surface area (Å²) < 4.78 is 22.0. The lowest BCUT2D eigenvalue weighted by Crippen LogP contribution is -2.28. The first-order valence-corrected chi connectivity index (χ1v) is 10.1. The third-order valence-corrected chi connectivity index (χ3v) is 4.86. The lowest BCUT2D eigenvalue weighted by molar-refractivity contribution is 0.179. The Morgan fingerprint density at radius 3 is 2.77 bits per heavy atom. The maximum Gasteiger partial charge on any atom is 0.156 e. The van der Waals surface area contributed by atoms with E-state index < -0.39 is 5.82 Å². The molecule has 2 aromatic carbocycles. The summed E-state index contributed by atoms with van der Waals surface area (Å²) in [6.07, 6.45) is 2.76. The first kappa shape index (κ1) is 21.9. The summed E-state index contributed by atoms with van der Waals surface area (Å²) in [5, 5.41) is 3.74. The van der Waals surface area contributed by atoms with Gasteiger partial charge < -0.3 is 15.0 Å². The van der Waals surface area contributed by atoms with Gasteiger partial charge in [-0.25, -0.2) is 14.4 Å². The van der Waals surface area contributed by atoms with Crippen molar-refractivity contribution in [1.29, 1.82) is 0 Å². The summed E-state index contributed by atoms with van der Waals surface area (Å²) in [5.41, 5.74) is 1.61. The second-order valence-electron chi connectivity index (χ2n) is 7.06. The molecule has 30 heavy (non-hydrogen) atoms. The molecule has 3 aromatic rings. The van der Waals surface area contributed by atoms with Crippen molar-refractivity contribution in [2.75, 3.05) is 26.0 Å². The van der Waals surface area contributed by atoms with Gasteiger partial charge in [-0.1, -0.05) is 28.6 Å². The molecule has 3 rings (SSSR count). The van der Waals surface area contributed by atoms with E-state index in [2.05, 4.69) is 49.5 Å². The number of likely N-dealkylation sites (N-methyl/N-ethyl adjacent to an activating group) is 1. The highest BCUT2D eigenvalue weighted by atomic mass is 79.9. The molecule has 1 unspecified atom stereocenters. The third kappa shape index (κ3) is 4.66. The number of hydrogen-bond acceptors (Lipinski definition) is 6. The highest BCUT2D eigenvalue weighted by Gasteiger charge is 2.17. The van der Waals surface area contributed by atoms with Crippen LogP contribution < -0.4 is 10.1 Å². The minimum absolute atomic E-state index is 0.0763. The van der Waals surface area contributed by atoms with Gasteiger partial charge >= 0.3 is 0 Å². The van der Waals surface area contributed by atoms with Gasteiger partial charge in [0.15, 0.2) is 5.82 Å². The fraction of sp³-hybridized carbons (Fsp3) is 0.227. The van der Waals surface area contributed by atoms with Gasteiger partial charge in [0.1, 0.15) is 24.0 Å². The molecule has 0 aliphatic heterocycles. The summed E-state index contributed by atoms with van der Waals surface area (Å²) in [6.45, 7) is 9.86. The molecular formula is C22H23BrFN5O. The highest BCUT2D eigenvalue weighted by Crippen LogP contribution is 2.37. The van der Waals surface area contributed by atoms with Gasteiger partial charge in [-0.2, -0.15) is 0 Å². The lowest BCUT2D eigenvalue weighted by Gasteiger charge is -2.21. The van der Waals surface area contributed by atoms with Gasteiger partial charge in [0.2, 0.25) is 0 Å². The van der Waals surface area contributed by atoms with E-state index in [0.717, 1.165) is 11.0 Å². The molecule has 1 atom stereocenters. The second kappa shape index (κ2) is 9.32. The number of anilines is 2. The minimum atomic E-state index is -0.484. The zero-order valence-corrected chi connectivity index (χ0v) is 18.7. The Balaban J connectivity index is 2.09. The van der Waals surface area contributed by atoms with Crippen molar-refractivity contribution in [3.8, 4) is 5.75 Å². The van der Waals surface area contributed by atoms with Crippen molar-refractivity contribution in [3.63, 3.8) is 0 Å². The molecular weight excluding hydrogens is 449 g/mol. The Kier molecular flexibility index (Phi) is 6.79. The number of fused-ring (bicyclic) bond motifs is 1. The number of aliphatic imine (C=N–C) groups is 1. The van der Waals surface area contributed by atoms with E-state index in [1.54, 1.807) is 12.1 Å². The van der Waals surface area contributed by atoms with Gasteiger partial charge in [0, 0.05) is 16.6 Å². The molecule has 1 heterocycles. The van der Waals surface area contributed by atoms with Crippen LogP contribution in [0, 0.1) is 5.82 Å². The molecule has 0 bridgehead atoms. The van der Waals surface area contributed by atoms with Crippen LogP contribution >= 0.6 is 15.9 Å². The van der Waals surface area contributed by atoms with Crippen LogP contribution in [0.1, 0.15) is 12.5 Å². The van der Waals surface area contributed by atoms with Crippen molar-refractivity contribution < 1.29 is 9.13 Å². The van der Waals surface area contributed by atoms with E-state index in [0.29, 0.717) is 28.2 Å². The van der Waals surface area contributed by atoms with E-state index in [-0.39, 0.29) is 17.4 Å². The average molecular weight is 472 g/mol. The van der Waals surface area contributed by atoms with Gasteiger partial charge in [-0.15, -0.1) is 0 Å². The molecule has 156 valence electrons. The van der Waals surface area contributed by atoms with Crippen LogP contribution in [0.15, 0.2) is 46.6 Å². The van der Waals surface area contributed by atoms with Crippen molar-refractivity contribution in [1.82, 2.24) is 14.9 Å². The number of rotatable bonds is 8. The van der Waals surface area contributed by atoms with E-state index in [4.69, 9.17) is 4.74 Å². The quantitative estimate of drug-likeness (QED) is 0.434. The summed E-state index contributed by atoms with van der Waals surface area (Å²) in [4.78, 5) is 14.6. The Hall–Kier alpha value is -2.84. The normalized spacial score (nSPS) is 12.1. The molecule has 0 amide bonds. The molecule has 8 heteroatoms. The monoisotopic (exact) mass is 471 g/mol. The van der Waals surface area contributed by atoms with Crippen molar-refractivity contribution in [3.05, 3.63) is 53.0 Å². The predicted molar refractivity (Wildman–Crippen MR) is 125 cm³/mol. The van der Waals surface area contributed by atoms with Crippen LogP contribution in [0.3, 0.4) is 0 Å². The SMILES string of the molecule is C=Cc1c(N=C)ccc(Nc2ncnc3cc(Br)cc(OC(C)CN(C)C)c23)c1F. The van der Waals surface area contributed by atoms with Crippen LogP contribution in [0.5, 0.6) is 5.75 Å². The lowest BCUT2D eigenvalue weighted by atomic mass is 10.1. The molecule has 1 aromatic heterocycles. The number of aromatic nitrogens is 2. The van der Waals surface area contributed by atoms with Crippen LogP contribution in [-0.2, 0) is 0 Å². The number of nitrogens with zero attached hydrogens (tertiary/aromatic N) is 4. The fourth-order valence-electron chi connectivity index (χ4n) is 3.22. The number of benzene rings is 2. The molecule has 0 spiro atoms. The Labute approximate surface area is 183 Å². The topological polar surface area (TPSA) is 62.6 Å². The van der Waals surface area contributed by atoms with E-state index in [1.807, 2.05) is 38.1 Å². The Morgan fingerprint density at radius 2 is 2.10 bits per heavy atom. The minimum Gasteiger partial charge on any atom is -0.488 e. The van der Waals surface area contributed by atoms with Gasteiger partial charge in [-0.3, -0.25) is 4.99 Å². The molecule has 6 nitrogen and oxygen atoms in total. The van der Waals surface area contributed by atoms with Crippen molar-refractivity contribution >= 4 is 56.8 Å². The second-order valence-corrected chi connectivity index (χ2v) is 7.97. The molecule has 1 N–H and O–H groups in total. The first-order valence-electron chi connectivity index (χ1n) is 9.28. The standard InChI is InChI=1S/C22H23BrFN5O/c1-6-15-16(25-3)7-8-17(21(15)24)28-22-20-18(26-12-27-22)9-14(23)10-19(20)30-13(2)11-29(4)5/h6-10,12-13H,1,3,11H2,2,4-5H3,(H,26,27,28). The maximum absolute atomic E-state index is 15.0. The predicted octanol–water partition coefficient (Wildman–Crippen LogP) is 5.58. The number of hydrogen-bond donors (Lipinski definition) is 1. The van der Waals surface area contributed by atoms with E-state index >= 15 is 4.39 Å². The largest absolute Gasteiger partial charge is 0.488 e. The molecule has 0 aliphatic rings. The van der Waals surface area contributed by atoms with Crippen LogP contribution in [0.4, 0.5) is 21.6 Å². The first-order chi connectivity index (χ1) is 14.3. The summed E-state index contributed by atoms with van der Waals surface area (Å²) >= 11 is 3.50. The van der Waals surface area contributed by atoms with Gasteiger partial charge in [0.05, 0.1) is 22.3 Å². The molecule has 0 saturated carbocycles. The highest BCUT2D eigenvalue weighted by molar-refractivity contribution is 9.10. The van der Waals surface area contributed by atoms with Crippen LogP contribution in [0.2, 0.25) is 0 Å². The zero-order valence-electron chi connectivity index (χ0n) is 17.1. The summed E-state index contributed by atoms with van der Waals surface area (Å²) in [6, 6.07) is 6.99. The number of halogens is 2. The molecule has 0 saturated heterocycles.